The van der Waals surface area contributed by atoms with Crippen molar-refractivity contribution in [1.82, 2.24) is 40.1 Å². The summed E-state index contributed by atoms with van der Waals surface area (Å²) in [6, 6.07) is 7.07. The maximum Gasteiger partial charge on any atom is 0.324 e. The Bertz CT molecular complexity index is 2270. The van der Waals surface area contributed by atoms with Gasteiger partial charge in [-0.15, -0.1) is 11.3 Å². The summed E-state index contributed by atoms with van der Waals surface area (Å²) in [5, 5.41) is 7.87. The molecule has 59 heavy (non-hydrogen) atoms. The summed E-state index contributed by atoms with van der Waals surface area (Å²) in [7, 11) is 3.42. The van der Waals surface area contributed by atoms with Crippen molar-refractivity contribution in [2.45, 2.75) is 103 Å². The molecule has 0 saturated carbocycles. The van der Waals surface area contributed by atoms with E-state index in [1.165, 1.54) is 21.2 Å². The molecule has 4 aliphatic rings. The van der Waals surface area contributed by atoms with Crippen LogP contribution in [0.4, 0.5) is 4.79 Å². The molecule has 3 saturated heterocycles. The normalized spacial score (nSPS) is 25.0. The number of fused-ring (bicyclic) bond motifs is 7. The number of thiazole rings is 1. The van der Waals surface area contributed by atoms with Gasteiger partial charge in [0.1, 0.15) is 29.2 Å². The summed E-state index contributed by atoms with van der Waals surface area (Å²) in [6.07, 6.45) is 2.81. The zero-order valence-electron chi connectivity index (χ0n) is 34.8. The smallest absolute Gasteiger partial charge is 0.324 e. The number of ether oxygens (including phenoxy) is 3. The van der Waals surface area contributed by atoms with E-state index < -0.39 is 47.6 Å². The zero-order valence-corrected chi connectivity index (χ0v) is 35.6. The second-order valence-corrected chi connectivity index (χ2v) is 17.6. The number of esters is 1. The molecule has 0 radical (unpaired) electrons. The molecular formula is C43H54N8O7S. The molecule has 7 heterocycles. The van der Waals surface area contributed by atoms with Gasteiger partial charge in [-0.2, -0.15) is 0 Å². The fourth-order valence-electron chi connectivity index (χ4n) is 8.95. The lowest BCUT2D eigenvalue weighted by atomic mass is 9.84. The van der Waals surface area contributed by atoms with Crippen LogP contribution in [0.25, 0.3) is 33.4 Å². The molecule has 4 aliphatic heterocycles. The largest absolute Gasteiger partial charge is 0.464 e. The predicted octanol–water partition coefficient (Wildman–Crippen LogP) is 5.25. The van der Waals surface area contributed by atoms with Gasteiger partial charge in [0.2, 0.25) is 5.91 Å². The molecule has 4 amide bonds. The highest BCUT2D eigenvalue weighted by Crippen LogP contribution is 2.43. The Morgan fingerprint density at radius 3 is 2.71 bits per heavy atom. The third-order valence-corrected chi connectivity index (χ3v) is 13.0. The SMILES string of the molecule is CCO[C@@H]1c2nc(cs2)-c2ccc3c(c2)c(c(-c2cccnc2[C@H](C)OC)n3CC)CC(C)(C)COC(=O)[C@@H]2CCCN(N2)C(=O)[C@H]1NC(=O)N1[C@@H]2C(=O)N(C)CC[C@@H]21. The number of nitrogens with zero attached hydrogens (tertiary/aromatic N) is 6. The average molecular weight is 827 g/mol. The Morgan fingerprint density at radius 1 is 1.14 bits per heavy atom. The first-order valence-electron chi connectivity index (χ1n) is 20.6. The van der Waals surface area contributed by atoms with E-state index in [9.17, 15) is 19.2 Å². The van der Waals surface area contributed by atoms with Crippen LogP contribution in [0.15, 0.2) is 41.9 Å². The standard InChI is InChI=1S/C43H54N8O7S/c1-8-49-31-15-14-25-20-27(31)28(35(49)26-12-10-17-44-33(26)24(3)56-7)21-43(4,5)23-58-41(54)29-13-11-18-50(47-29)39(52)34(37(57-9-2)38-45-30(25)22-59-38)46-42(55)51-32-16-19-48(6)40(53)36(32)51/h10,12,14-15,17,20,22,24,29,32,34,36-37,47H,8-9,11,13,16,18-19,21,23H2,1-7H3,(H,46,55)/t24-,29-,32-,34-,36-,37-,51?/m0/s1. The highest BCUT2D eigenvalue weighted by atomic mass is 32.1. The molecule has 0 spiro atoms. The van der Waals surface area contributed by atoms with Crippen molar-refractivity contribution in [3.8, 4) is 22.5 Å². The number of hydrazine groups is 1. The number of methoxy groups -OCH3 is 1. The number of amides is 4. The topological polar surface area (TPSA) is 160 Å². The molecule has 16 heteroatoms. The Hall–Kier alpha value is -4.90. The summed E-state index contributed by atoms with van der Waals surface area (Å²) >= 11 is 1.35. The Morgan fingerprint density at radius 2 is 1.95 bits per heavy atom. The van der Waals surface area contributed by atoms with Gasteiger partial charge in [-0.05, 0) is 76.3 Å². The van der Waals surface area contributed by atoms with Gasteiger partial charge < -0.3 is 33.9 Å². The molecule has 4 aromatic rings. The van der Waals surface area contributed by atoms with E-state index in [1.807, 2.05) is 25.3 Å². The molecule has 3 fully saturated rings. The lowest BCUT2D eigenvalue weighted by molar-refractivity contribution is -0.156. The van der Waals surface area contributed by atoms with Gasteiger partial charge in [0, 0.05) is 79.4 Å². The van der Waals surface area contributed by atoms with E-state index in [0.29, 0.717) is 56.0 Å². The van der Waals surface area contributed by atoms with Crippen molar-refractivity contribution in [2.24, 2.45) is 5.41 Å². The third-order valence-electron chi connectivity index (χ3n) is 12.1. The van der Waals surface area contributed by atoms with Crippen molar-refractivity contribution in [1.29, 1.82) is 0 Å². The molecule has 15 nitrogen and oxygen atoms in total. The molecule has 8 rings (SSSR count). The number of pyridine rings is 1. The highest BCUT2D eigenvalue weighted by molar-refractivity contribution is 7.10. The first-order chi connectivity index (χ1) is 28.3. The second-order valence-electron chi connectivity index (χ2n) is 16.7. The molecule has 6 bridgehead atoms. The maximum absolute atomic E-state index is 14.7. The monoisotopic (exact) mass is 826 g/mol. The number of likely N-dealkylation sites (tertiary alicyclic amines) is 1. The summed E-state index contributed by atoms with van der Waals surface area (Å²) < 4.78 is 20.5. The molecule has 314 valence electrons. The fraction of sp³-hybridized carbons (Fsp3) is 0.535. The molecule has 3 aromatic heterocycles. The maximum atomic E-state index is 14.7. The van der Waals surface area contributed by atoms with E-state index in [-0.39, 0.29) is 31.3 Å². The molecule has 6 atom stereocenters. The number of benzene rings is 1. The molecular weight excluding hydrogens is 773 g/mol. The number of piperidine rings is 1. The Labute approximate surface area is 348 Å². The second kappa shape index (κ2) is 16.3. The van der Waals surface area contributed by atoms with Crippen LogP contribution in [0.3, 0.4) is 0 Å². The number of aromatic nitrogens is 3. The number of nitrogens with one attached hydrogen (secondary N) is 2. The minimum Gasteiger partial charge on any atom is -0.464 e. The van der Waals surface area contributed by atoms with Crippen LogP contribution < -0.4 is 10.7 Å². The summed E-state index contributed by atoms with van der Waals surface area (Å²) in [5.74, 6) is -1.05. The van der Waals surface area contributed by atoms with E-state index in [1.54, 1.807) is 25.3 Å². The molecule has 2 N–H and O–H groups in total. The number of hydrogen-bond donors (Lipinski definition) is 2. The van der Waals surface area contributed by atoms with Gasteiger partial charge in [0.15, 0.2) is 0 Å². The van der Waals surface area contributed by atoms with Crippen molar-refractivity contribution in [2.75, 3.05) is 40.5 Å². The number of aryl methyl sites for hydroxylation is 1. The summed E-state index contributed by atoms with van der Waals surface area (Å²) in [5.41, 5.74) is 9.21. The number of cyclic esters (lactones) is 1. The molecule has 0 unspecified atom stereocenters. The van der Waals surface area contributed by atoms with Crippen molar-refractivity contribution < 1.29 is 33.4 Å². The lowest BCUT2D eigenvalue weighted by Gasteiger charge is -2.37. The molecule has 0 aliphatic carbocycles. The van der Waals surface area contributed by atoms with Crippen LogP contribution in [0.2, 0.25) is 0 Å². The van der Waals surface area contributed by atoms with Crippen LogP contribution in [0, 0.1) is 5.41 Å². The predicted molar refractivity (Wildman–Crippen MR) is 222 cm³/mol. The Balaban J connectivity index is 1.25. The van der Waals surface area contributed by atoms with Crippen molar-refractivity contribution in [3.05, 3.63) is 58.2 Å². The quantitative estimate of drug-likeness (QED) is 0.186. The minimum atomic E-state index is -1.23. The van der Waals surface area contributed by atoms with Gasteiger partial charge in [-0.25, -0.2) is 15.2 Å². The first kappa shape index (κ1) is 40.9. The summed E-state index contributed by atoms with van der Waals surface area (Å²) in [6.45, 7) is 12.1. The fourth-order valence-corrected chi connectivity index (χ4v) is 9.86. The first-order valence-corrected chi connectivity index (χ1v) is 21.5. The zero-order chi connectivity index (χ0) is 41.7. The van der Waals surface area contributed by atoms with Gasteiger partial charge in [-0.1, -0.05) is 19.9 Å². The van der Waals surface area contributed by atoms with E-state index in [2.05, 4.69) is 60.3 Å². The van der Waals surface area contributed by atoms with Crippen LogP contribution >= 0.6 is 11.3 Å². The Kier molecular flexibility index (Phi) is 11.3. The van der Waals surface area contributed by atoms with Crippen LogP contribution in [-0.4, -0.2) is 118 Å². The van der Waals surface area contributed by atoms with Crippen molar-refractivity contribution in [3.63, 3.8) is 0 Å². The molecule has 1 aromatic carbocycles. The van der Waals surface area contributed by atoms with Crippen LogP contribution in [0.5, 0.6) is 0 Å². The number of carbonyl (C=O) groups excluding carboxylic acids is 4. The number of urea groups is 1. The lowest BCUT2D eigenvalue weighted by Crippen LogP contribution is -2.61. The third kappa shape index (κ3) is 7.60. The van der Waals surface area contributed by atoms with Gasteiger partial charge in [-0.3, -0.25) is 24.4 Å². The number of rotatable bonds is 7. The van der Waals surface area contributed by atoms with E-state index in [0.717, 1.165) is 39.0 Å². The number of likely N-dealkylation sites (N-methyl/N-ethyl adjacent to an activating group) is 1. The van der Waals surface area contributed by atoms with Gasteiger partial charge >= 0.3 is 12.0 Å². The van der Waals surface area contributed by atoms with E-state index >= 15 is 0 Å². The number of hydrogen-bond acceptors (Lipinski definition) is 11. The highest BCUT2D eigenvalue weighted by Gasteiger charge is 2.59. The van der Waals surface area contributed by atoms with Crippen molar-refractivity contribution >= 4 is 46.1 Å². The van der Waals surface area contributed by atoms with Crippen LogP contribution in [0.1, 0.15) is 82.4 Å². The minimum absolute atomic E-state index is 0.118. The van der Waals surface area contributed by atoms with Gasteiger partial charge in [0.05, 0.1) is 35.8 Å². The van der Waals surface area contributed by atoms with E-state index in [4.69, 9.17) is 24.2 Å². The summed E-state index contributed by atoms with van der Waals surface area (Å²) in [4.78, 5) is 68.5. The van der Waals surface area contributed by atoms with Gasteiger partial charge in [0.25, 0.3) is 5.91 Å². The van der Waals surface area contributed by atoms with Crippen LogP contribution in [-0.2, 0) is 41.6 Å². The number of carbonyl (C=O) groups is 4. The average Bonchev–Trinajstić information content (AvgIpc) is 3.64.